The van der Waals surface area contributed by atoms with Crippen LogP contribution in [0.15, 0.2) is 0 Å². The number of nitrogen functional groups attached to an aromatic ring is 1. The SMILES string of the molecule is CCCCCNc1nc(C)nc(N)n1. The van der Waals surface area contributed by atoms with Crippen molar-refractivity contribution in [1.82, 2.24) is 15.0 Å². The third-order valence-electron chi connectivity index (χ3n) is 1.83. The maximum Gasteiger partial charge on any atom is 0.227 e. The molecule has 78 valence electrons. The van der Waals surface area contributed by atoms with Crippen LogP contribution in [0.3, 0.4) is 0 Å². The average Bonchev–Trinajstić information content (AvgIpc) is 2.11. The highest BCUT2D eigenvalue weighted by Crippen LogP contribution is 2.02. The quantitative estimate of drug-likeness (QED) is 0.694. The number of aromatic nitrogens is 3. The number of anilines is 2. The standard InChI is InChI=1S/C9H17N5/c1-3-4-5-6-11-9-13-7(2)12-8(10)14-9/h3-6H2,1-2H3,(H3,10,11,12,13,14). The van der Waals surface area contributed by atoms with E-state index in [0.717, 1.165) is 13.0 Å². The maximum atomic E-state index is 5.49. The van der Waals surface area contributed by atoms with E-state index in [0.29, 0.717) is 11.8 Å². The summed E-state index contributed by atoms with van der Waals surface area (Å²) in [6.45, 7) is 4.86. The van der Waals surface area contributed by atoms with Crippen LogP contribution in [0.1, 0.15) is 32.0 Å². The molecule has 1 rings (SSSR count). The molecular formula is C9H17N5. The minimum Gasteiger partial charge on any atom is -0.368 e. The molecule has 0 radical (unpaired) electrons. The van der Waals surface area contributed by atoms with E-state index in [-0.39, 0.29) is 5.95 Å². The summed E-state index contributed by atoms with van der Waals surface area (Å²) in [5, 5.41) is 3.12. The van der Waals surface area contributed by atoms with Crippen molar-refractivity contribution in [3.05, 3.63) is 5.82 Å². The Morgan fingerprint density at radius 1 is 1.21 bits per heavy atom. The molecule has 0 atom stereocenters. The fraction of sp³-hybridized carbons (Fsp3) is 0.667. The first-order chi connectivity index (χ1) is 6.72. The fourth-order valence-electron chi connectivity index (χ4n) is 1.16. The van der Waals surface area contributed by atoms with Crippen LogP contribution >= 0.6 is 0 Å². The van der Waals surface area contributed by atoms with Crippen LogP contribution in [0.5, 0.6) is 0 Å². The number of nitrogens with zero attached hydrogens (tertiary/aromatic N) is 3. The summed E-state index contributed by atoms with van der Waals surface area (Å²) < 4.78 is 0. The number of rotatable bonds is 5. The molecule has 0 aliphatic carbocycles. The molecule has 1 aromatic rings. The molecule has 0 unspecified atom stereocenters. The average molecular weight is 195 g/mol. The van der Waals surface area contributed by atoms with Crippen LogP contribution in [-0.4, -0.2) is 21.5 Å². The van der Waals surface area contributed by atoms with Crippen LogP contribution in [0.25, 0.3) is 0 Å². The van der Waals surface area contributed by atoms with Crippen LogP contribution in [0, 0.1) is 6.92 Å². The molecule has 0 spiro atoms. The van der Waals surface area contributed by atoms with Gasteiger partial charge in [0.2, 0.25) is 11.9 Å². The molecule has 0 saturated carbocycles. The lowest BCUT2D eigenvalue weighted by Gasteiger charge is -2.04. The fourth-order valence-corrected chi connectivity index (χ4v) is 1.16. The summed E-state index contributed by atoms with van der Waals surface area (Å²) in [7, 11) is 0. The Morgan fingerprint density at radius 3 is 2.64 bits per heavy atom. The number of nitrogens with two attached hydrogens (primary N) is 1. The van der Waals surface area contributed by atoms with Crippen LogP contribution in [0.4, 0.5) is 11.9 Å². The number of aryl methyl sites for hydroxylation is 1. The zero-order chi connectivity index (χ0) is 10.4. The molecule has 0 amide bonds. The van der Waals surface area contributed by atoms with Gasteiger partial charge in [-0.15, -0.1) is 0 Å². The lowest BCUT2D eigenvalue weighted by Crippen LogP contribution is -2.09. The summed E-state index contributed by atoms with van der Waals surface area (Å²) in [5.74, 6) is 1.50. The predicted octanol–water partition coefficient (Wildman–Crippen LogP) is 1.36. The lowest BCUT2D eigenvalue weighted by atomic mass is 10.2. The van der Waals surface area contributed by atoms with Gasteiger partial charge in [-0.2, -0.15) is 15.0 Å². The summed E-state index contributed by atoms with van der Waals surface area (Å²) in [4.78, 5) is 12.0. The zero-order valence-corrected chi connectivity index (χ0v) is 8.75. The third kappa shape index (κ3) is 3.55. The first kappa shape index (κ1) is 10.7. The number of hydrogen-bond acceptors (Lipinski definition) is 5. The Balaban J connectivity index is 2.42. The zero-order valence-electron chi connectivity index (χ0n) is 8.75. The van der Waals surface area contributed by atoms with Crippen LogP contribution < -0.4 is 11.1 Å². The minimum absolute atomic E-state index is 0.274. The first-order valence-corrected chi connectivity index (χ1v) is 4.94. The van der Waals surface area contributed by atoms with Gasteiger partial charge in [-0.05, 0) is 13.3 Å². The van der Waals surface area contributed by atoms with Gasteiger partial charge in [0.15, 0.2) is 0 Å². The first-order valence-electron chi connectivity index (χ1n) is 4.94. The van der Waals surface area contributed by atoms with E-state index in [1.54, 1.807) is 6.92 Å². The van der Waals surface area contributed by atoms with Crippen molar-refractivity contribution in [3.8, 4) is 0 Å². The Morgan fingerprint density at radius 2 is 2.00 bits per heavy atom. The molecule has 5 nitrogen and oxygen atoms in total. The molecular weight excluding hydrogens is 178 g/mol. The molecule has 3 N–H and O–H groups in total. The van der Waals surface area contributed by atoms with Crippen molar-refractivity contribution < 1.29 is 0 Å². The van der Waals surface area contributed by atoms with Crippen molar-refractivity contribution in [2.75, 3.05) is 17.6 Å². The van der Waals surface area contributed by atoms with E-state index < -0.39 is 0 Å². The molecule has 1 aromatic heterocycles. The second-order valence-electron chi connectivity index (χ2n) is 3.20. The molecule has 0 aliphatic rings. The lowest BCUT2D eigenvalue weighted by molar-refractivity contribution is 0.739. The van der Waals surface area contributed by atoms with Gasteiger partial charge in [-0.25, -0.2) is 0 Å². The van der Waals surface area contributed by atoms with Gasteiger partial charge >= 0.3 is 0 Å². The molecule has 0 saturated heterocycles. The van der Waals surface area contributed by atoms with Gasteiger partial charge in [0.05, 0.1) is 0 Å². The molecule has 0 fully saturated rings. The van der Waals surface area contributed by atoms with E-state index in [1.807, 2.05) is 0 Å². The third-order valence-corrected chi connectivity index (χ3v) is 1.83. The monoisotopic (exact) mass is 195 g/mol. The van der Waals surface area contributed by atoms with Gasteiger partial charge in [0.25, 0.3) is 0 Å². The number of hydrogen-bond donors (Lipinski definition) is 2. The van der Waals surface area contributed by atoms with Crippen molar-refractivity contribution >= 4 is 11.9 Å². The van der Waals surface area contributed by atoms with Crippen molar-refractivity contribution in [2.24, 2.45) is 0 Å². The van der Waals surface area contributed by atoms with Crippen LogP contribution in [0.2, 0.25) is 0 Å². The smallest absolute Gasteiger partial charge is 0.227 e. The van der Waals surface area contributed by atoms with Gasteiger partial charge in [-0.1, -0.05) is 19.8 Å². The van der Waals surface area contributed by atoms with Gasteiger partial charge in [-0.3, -0.25) is 0 Å². The van der Waals surface area contributed by atoms with Gasteiger partial charge in [0, 0.05) is 6.54 Å². The van der Waals surface area contributed by atoms with Gasteiger partial charge in [0.1, 0.15) is 5.82 Å². The van der Waals surface area contributed by atoms with Crippen molar-refractivity contribution in [1.29, 1.82) is 0 Å². The second kappa shape index (κ2) is 5.36. The van der Waals surface area contributed by atoms with Gasteiger partial charge < -0.3 is 11.1 Å². The summed E-state index contributed by atoms with van der Waals surface area (Å²) in [6.07, 6.45) is 3.55. The number of nitrogens with one attached hydrogen (secondary N) is 1. The largest absolute Gasteiger partial charge is 0.368 e. The normalized spacial score (nSPS) is 10.1. The Kier molecular flexibility index (Phi) is 4.10. The Labute approximate surface area is 84.2 Å². The summed E-state index contributed by atoms with van der Waals surface area (Å²) in [5.41, 5.74) is 5.49. The van der Waals surface area contributed by atoms with E-state index in [9.17, 15) is 0 Å². The molecule has 0 aromatic carbocycles. The second-order valence-corrected chi connectivity index (χ2v) is 3.20. The predicted molar refractivity (Wildman–Crippen MR) is 57.0 cm³/mol. The minimum atomic E-state index is 0.274. The van der Waals surface area contributed by atoms with Crippen molar-refractivity contribution in [3.63, 3.8) is 0 Å². The highest BCUT2D eigenvalue weighted by Gasteiger charge is 1.99. The van der Waals surface area contributed by atoms with Crippen LogP contribution in [-0.2, 0) is 0 Å². The van der Waals surface area contributed by atoms with E-state index in [2.05, 4.69) is 27.2 Å². The molecule has 0 bridgehead atoms. The molecule has 1 heterocycles. The van der Waals surface area contributed by atoms with E-state index >= 15 is 0 Å². The highest BCUT2D eigenvalue weighted by molar-refractivity contribution is 5.30. The molecule has 5 heteroatoms. The Bertz CT molecular complexity index is 266. The topological polar surface area (TPSA) is 76.7 Å². The van der Waals surface area contributed by atoms with E-state index in [4.69, 9.17) is 5.73 Å². The molecule has 0 aliphatic heterocycles. The molecule has 14 heavy (non-hydrogen) atoms. The number of unbranched alkanes of at least 4 members (excludes halogenated alkanes) is 2. The Hall–Kier alpha value is -1.39. The maximum absolute atomic E-state index is 5.49. The summed E-state index contributed by atoms with van der Waals surface area (Å²) in [6, 6.07) is 0. The highest BCUT2D eigenvalue weighted by atomic mass is 15.2. The summed E-state index contributed by atoms with van der Waals surface area (Å²) >= 11 is 0. The van der Waals surface area contributed by atoms with E-state index in [1.165, 1.54) is 12.8 Å². The van der Waals surface area contributed by atoms with Crippen molar-refractivity contribution in [2.45, 2.75) is 33.1 Å².